The van der Waals surface area contributed by atoms with Crippen LogP contribution in [0.2, 0.25) is 0 Å². The standard InChI is InChI=1S/C12H14ClNO4S/c1-3-6-14-12(15)8-18-10-4-5-11(9(2)7-10)19(13,16)17/h3-5,7H,1,6,8H2,2H3,(H,14,15). The Morgan fingerprint density at radius 1 is 1.53 bits per heavy atom. The first-order valence-corrected chi connectivity index (χ1v) is 7.71. The van der Waals surface area contributed by atoms with E-state index in [9.17, 15) is 13.2 Å². The van der Waals surface area contributed by atoms with E-state index < -0.39 is 9.05 Å². The van der Waals surface area contributed by atoms with E-state index in [1.807, 2.05) is 0 Å². The van der Waals surface area contributed by atoms with E-state index >= 15 is 0 Å². The van der Waals surface area contributed by atoms with E-state index in [4.69, 9.17) is 15.4 Å². The fourth-order valence-electron chi connectivity index (χ4n) is 1.37. The second-order valence-corrected chi connectivity index (χ2v) is 6.28. The average molecular weight is 304 g/mol. The molecule has 0 aliphatic heterocycles. The average Bonchev–Trinajstić information content (AvgIpc) is 2.32. The molecular formula is C12H14ClNO4S. The first kappa shape index (κ1) is 15.5. The predicted octanol–water partition coefficient (Wildman–Crippen LogP) is 1.60. The summed E-state index contributed by atoms with van der Waals surface area (Å²) in [6, 6.07) is 4.30. The van der Waals surface area contributed by atoms with Gasteiger partial charge in [-0.15, -0.1) is 6.58 Å². The number of hydrogen-bond donors (Lipinski definition) is 1. The van der Waals surface area contributed by atoms with Crippen molar-refractivity contribution in [2.24, 2.45) is 0 Å². The predicted molar refractivity (Wildman–Crippen MR) is 72.9 cm³/mol. The van der Waals surface area contributed by atoms with Crippen molar-refractivity contribution in [3.8, 4) is 5.75 Å². The zero-order valence-corrected chi connectivity index (χ0v) is 11.9. The van der Waals surface area contributed by atoms with E-state index in [0.29, 0.717) is 17.9 Å². The molecule has 0 radical (unpaired) electrons. The van der Waals surface area contributed by atoms with Gasteiger partial charge in [0.2, 0.25) is 0 Å². The van der Waals surface area contributed by atoms with Gasteiger partial charge in [0.1, 0.15) is 5.75 Å². The van der Waals surface area contributed by atoms with Gasteiger partial charge in [-0.05, 0) is 30.7 Å². The quantitative estimate of drug-likeness (QED) is 0.640. The fraction of sp³-hybridized carbons (Fsp3) is 0.250. The van der Waals surface area contributed by atoms with Crippen molar-refractivity contribution in [3.63, 3.8) is 0 Å². The number of carbonyl (C=O) groups is 1. The van der Waals surface area contributed by atoms with Gasteiger partial charge in [0.15, 0.2) is 6.61 Å². The van der Waals surface area contributed by atoms with E-state index in [1.165, 1.54) is 18.2 Å². The van der Waals surface area contributed by atoms with E-state index in [2.05, 4.69) is 11.9 Å². The van der Waals surface area contributed by atoms with Gasteiger partial charge in [0.25, 0.3) is 15.0 Å². The lowest BCUT2D eigenvalue weighted by Crippen LogP contribution is -2.28. The van der Waals surface area contributed by atoms with Crippen LogP contribution >= 0.6 is 10.7 Å². The molecule has 0 spiro atoms. The van der Waals surface area contributed by atoms with Crippen molar-refractivity contribution in [1.29, 1.82) is 0 Å². The lowest BCUT2D eigenvalue weighted by molar-refractivity contribution is -0.122. The van der Waals surface area contributed by atoms with Crippen LogP contribution in [0.25, 0.3) is 0 Å². The van der Waals surface area contributed by atoms with Crippen molar-refractivity contribution in [3.05, 3.63) is 36.4 Å². The maximum atomic E-state index is 11.3. The van der Waals surface area contributed by atoms with Crippen molar-refractivity contribution in [2.45, 2.75) is 11.8 Å². The number of nitrogens with one attached hydrogen (secondary N) is 1. The molecule has 0 aromatic heterocycles. The summed E-state index contributed by atoms with van der Waals surface area (Å²) in [4.78, 5) is 11.3. The molecule has 0 saturated carbocycles. The second-order valence-electron chi connectivity index (χ2n) is 3.75. The van der Waals surface area contributed by atoms with Crippen LogP contribution < -0.4 is 10.1 Å². The summed E-state index contributed by atoms with van der Waals surface area (Å²) in [5.41, 5.74) is 0.457. The highest BCUT2D eigenvalue weighted by Crippen LogP contribution is 2.23. The lowest BCUT2D eigenvalue weighted by Gasteiger charge is -2.08. The van der Waals surface area contributed by atoms with Gasteiger partial charge in [-0.25, -0.2) is 8.42 Å². The molecule has 0 atom stereocenters. The molecule has 0 aliphatic carbocycles. The number of ether oxygens (including phenoxy) is 1. The highest BCUT2D eigenvalue weighted by molar-refractivity contribution is 8.13. The fourth-order valence-corrected chi connectivity index (χ4v) is 2.56. The van der Waals surface area contributed by atoms with Crippen LogP contribution in [0.3, 0.4) is 0 Å². The van der Waals surface area contributed by atoms with Gasteiger partial charge in [-0.1, -0.05) is 6.08 Å². The number of aryl methyl sites for hydroxylation is 1. The van der Waals surface area contributed by atoms with Crippen LogP contribution in [-0.2, 0) is 13.8 Å². The SMILES string of the molecule is C=CCNC(=O)COc1ccc(S(=O)(=O)Cl)c(C)c1. The third kappa shape index (κ3) is 4.92. The van der Waals surface area contributed by atoms with Crippen LogP contribution in [0.5, 0.6) is 5.75 Å². The summed E-state index contributed by atoms with van der Waals surface area (Å²) in [6.45, 7) is 5.28. The minimum Gasteiger partial charge on any atom is -0.484 e. The number of carbonyl (C=O) groups excluding carboxylic acids is 1. The summed E-state index contributed by atoms with van der Waals surface area (Å²) in [5, 5.41) is 2.55. The summed E-state index contributed by atoms with van der Waals surface area (Å²) in [5.74, 6) is 0.113. The Labute approximate surface area is 116 Å². The van der Waals surface area contributed by atoms with Gasteiger partial charge in [-0.2, -0.15) is 0 Å². The maximum Gasteiger partial charge on any atom is 0.261 e. The third-order valence-electron chi connectivity index (χ3n) is 2.22. The zero-order chi connectivity index (χ0) is 14.5. The Kier molecular flexibility index (Phi) is 5.38. The van der Waals surface area contributed by atoms with Gasteiger partial charge >= 0.3 is 0 Å². The molecule has 0 saturated heterocycles. The third-order valence-corrected chi connectivity index (χ3v) is 3.70. The Balaban J connectivity index is 2.69. The largest absolute Gasteiger partial charge is 0.484 e. The summed E-state index contributed by atoms with van der Waals surface area (Å²) in [7, 11) is 1.49. The molecule has 1 aromatic rings. The second kappa shape index (κ2) is 6.58. The van der Waals surface area contributed by atoms with Crippen LogP contribution in [0, 0.1) is 6.92 Å². The van der Waals surface area contributed by atoms with Crippen molar-refractivity contribution in [2.75, 3.05) is 13.2 Å². The first-order chi connectivity index (χ1) is 8.84. The molecule has 0 aliphatic rings. The van der Waals surface area contributed by atoms with Crippen LogP contribution in [0.1, 0.15) is 5.56 Å². The van der Waals surface area contributed by atoms with Crippen LogP contribution in [-0.4, -0.2) is 27.5 Å². The van der Waals surface area contributed by atoms with Crippen molar-refractivity contribution < 1.29 is 17.9 Å². The Hall–Kier alpha value is -1.53. The number of hydrogen-bond acceptors (Lipinski definition) is 4. The molecule has 0 fully saturated rings. The van der Waals surface area contributed by atoms with Gasteiger partial charge in [0.05, 0.1) is 4.90 Å². The summed E-state index contributed by atoms with van der Waals surface area (Å²) < 4.78 is 27.6. The number of amides is 1. The molecule has 0 bridgehead atoms. The minimum absolute atomic E-state index is 0.0256. The number of benzene rings is 1. The lowest BCUT2D eigenvalue weighted by atomic mass is 10.2. The summed E-state index contributed by atoms with van der Waals surface area (Å²) >= 11 is 0. The van der Waals surface area contributed by atoms with Crippen LogP contribution in [0.15, 0.2) is 35.7 Å². The number of halogens is 1. The zero-order valence-electron chi connectivity index (χ0n) is 10.3. The topological polar surface area (TPSA) is 72.5 Å². The highest BCUT2D eigenvalue weighted by atomic mass is 35.7. The smallest absolute Gasteiger partial charge is 0.261 e. The molecular weight excluding hydrogens is 290 g/mol. The van der Waals surface area contributed by atoms with Crippen molar-refractivity contribution >= 4 is 25.6 Å². The molecule has 0 heterocycles. The molecule has 1 aromatic carbocycles. The van der Waals surface area contributed by atoms with E-state index in [-0.39, 0.29) is 17.4 Å². The Bertz CT molecular complexity index is 583. The highest BCUT2D eigenvalue weighted by Gasteiger charge is 2.13. The molecule has 5 nitrogen and oxygen atoms in total. The molecule has 1 rings (SSSR count). The van der Waals surface area contributed by atoms with Crippen LogP contribution in [0.4, 0.5) is 0 Å². The van der Waals surface area contributed by atoms with Gasteiger partial charge in [-0.3, -0.25) is 4.79 Å². The van der Waals surface area contributed by atoms with Crippen molar-refractivity contribution in [1.82, 2.24) is 5.32 Å². The maximum absolute atomic E-state index is 11.3. The Morgan fingerprint density at radius 3 is 2.74 bits per heavy atom. The van der Waals surface area contributed by atoms with E-state index in [1.54, 1.807) is 13.0 Å². The normalized spacial score (nSPS) is 10.8. The molecule has 1 N–H and O–H groups in total. The summed E-state index contributed by atoms with van der Waals surface area (Å²) in [6.07, 6.45) is 1.56. The van der Waals surface area contributed by atoms with E-state index in [0.717, 1.165) is 0 Å². The monoisotopic (exact) mass is 303 g/mol. The molecule has 7 heteroatoms. The molecule has 104 valence electrons. The minimum atomic E-state index is -3.77. The van der Waals surface area contributed by atoms with Gasteiger partial charge in [0, 0.05) is 17.2 Å². The van der Waals surface area contributed by atoms with Gasteiger partial charge < -0.3 is 10.1 Å². The molecule has 1 amide bonds. The first-order valence-electron chi connectivity index (χ1n) is 5.40. The Morgan fingerprint density at radius 2 is 2.21 bits per heavy atom. The molecule has 19 heavy (non-hydrogen) atoms. The molecule has 0 unspecified atom stereocenters. The number of rotatable bonds is 6.